The molecule has 1 aliphatic rings. The molecule has 1 aromatic heterocycles. The van der Waals surface area contributed by atoms with Gasteiger partial charge >= 0.3 is 12.1 Å². The minimum atomic E-state index is -0.335. The molecule has 0 N–H and O–H groups in total. The van der Waals surface area contributed by atoms with Crippen LogP contribution in [0.2, 0.25) is 0 Å². The summed E-state index contributed by atoms with van der Waals surface area (Å²) in [5.74, 6) is -0.335. The number of hydrogen-bond acceptors (Lipinski definition) is 6. The van der Waals surface area contributed by atoms with Crippen LogP contribution in [0, 0.1) is 6.92 Å². The number of pyridine rings is 1. The molecule has 3 rings (SSSR count). The van der Waals surface area contributed by atoms with Gasteiger partial charge < -0.3 is 14.4 Å². The molecule has 0 saturated carbocycles. The number of rotatable bonds is 5. The van der Waals surface area contributed by atoms with E-state index in [9.17, 15) is 9.59 Å². The van der Waals surface area contributed by atoms with Gasteiger partial charge in [-0.2, -0.15) is 0 Å². The summed E-state index contributed by atoms with van der Waals surface area (Å²) in [6, 6.07) is 7.82. The van der Waals surface area contributed by atoms with Crippen LogP contribution in [0.4, 0.5) is 4.79 Å². The van der Waals surface area contributed by atoms with Crippen molar-refractivity contribution >= 4 is 23.0 Å². The van der Waals surface area contributed by atoms with Crippen molar-refractivity contribution in [3.63, 3.8) is 0 Å². The molecule has 2 heterocycles. The maximum atomic E-state index is 12.6. The number of aryl methyl sites for hydroxylation is 1. The van der Waals surface area contributed by atoms with Crippen LogP contribution >= 0.6 is 0 Å². The third-order valence-electron chi connectivity index (χ3n) is 4.98. The lowest BCUT2D eigenvalue weighted by molar-refractivity contribution is 0.0521. The van der Waals surface area contributed by atoms with E-state index in [1.54, 1.807) is 18.7 Å². The fourth-order valence-corrected chi connectivity index (χ4v) is 3.54. The van der Waals surface area contributed by atoms with Gasteiger partial charge in [0.25, 0.3) is 0 Å². The Kier molecular flexibility index (Phi) is 6.46. The molecule has 7 heteroatoms. The third kappa shape index (κ3) is 4.25. The van der Waals surface area contributed by atoms with Crippen LogP contribution in [0.3, 0.4) is 0 Å². The van der Waals surface area contributed by atoms with Crippen molar-refractivity contribution in [1.82, 2.24) is 14.8 Å². The zero-order valence-corrected chi connectivity index (χ0v) is 16.7. The highest BCUT2D eigenvalue weighted by Gasteiger charge is 2.25. The SMILES string of the molecule is CCOC(=O)c1c(CN2CCN(C(=O)OCC)CC2)nc2ccccc2c1C. The summed E-state index contributed by atoms with van der Waals surface area (Å²) in [5, 5.41) is 0.960. The third-order valence-corrected chi connectivity index (χ3v) is 4.98. The van der Waals surface area contributed by atoms with Crippen LogP contribution < -0.4 is 0 Å². The molecule has 28 heavy (non-hydrogen) atoms. The first-order valence-corrected chi connectivity index (χ1v) is 9.74. The summed E-state index contributed by atoms with van der Waals surface area (Å²) in [6.45, 7) is 9.39. The number of hydrogen-bond donors (Lipinski definition) is 0. The van der Waals surface area contributed by atoms with E-state index in [0.717, 1.165) is 22.2 Å². The molecule has 1 fully saturated rings. The Balaban J connectivity index is 1.83. The van der Waals surface area contributed by atoms with Gasteiger partial charge in [-0.1, -0.05) is 18.2 Å². The van der Waals surface area contributed by atoms with Gasteiger partial charge in [-0.15, -0.1) is 0 Å². The number of carbonyl (C=O) groups is 2. The molecule has 0 aliphatic carbocycles. The normalized spacial score (nSPS) is 14.9. The average molecular weight is 385 g/mol. The Morgan fingerprint density at radius 3 is 2.39 bits per heavy atom. The van der Waals surface area contributed by atoms with E-state index in [-0.39, 0.29) is 12.1 Å². The van der Waals surface area contributed by atoms with Crippen LogP contribution in [-0.4, -0.2) is 66.2 Å². The van der Waals surface area contributed by atoms with Crippen molar-refractivity contribution in [3.8, 4) is 0 Å². The second-order valence-corrected chi connectivity index (χ2v) is 6.76. The van der Waals surface area contributed by atoms with E-state index < -0.39 is 0 Å². The lowest BCUT2D eigenvalue weighted by atomic mass is 10.0. The van der Waals surface area contributed by atoms with Crippen molar-refractivity contribution in [3.05, 3.63) is 41.1 Å². The molecule has 1 saturated heterocycles. The maximum Gasteiger partial charge on any atom is 0.409 e. The molecule has 0 atom stereocenters. The molecule has 7 nitrogen and oxygen atoms in total. The van der Waals surface area contributed by atoms with Gasteiger partial charge in [0.1, 0.15) is 0 Å². The Hall–Kier alpha value is -2.67. The molecule has 2 aromatic rings. The van der Waals surface area contributed by atoms with E-state index in [4.69, 9.17) is 14.5 Å². The predicted octanol–water partition coefficient (Wildman–Crippen LogP) is 2.99. The van der Waals surface area contributed by atoms with E-state index in [1.165, 1.54) is 0 Å². The number of benzene rings is 1. The number of esters is 1. The van der Waals surface area contributed by atoms with Crippen molar-refractivity contribution in [2.24, 2.45) is 0 Å². The molecule has 0 radical (unpaired) electrons. The maximum absolute atomic E-state index is 12.6. The Bertz CT molecular complexity index is 860. The van der Waals surface area contributed by atoms with Crippen LogP contribution in [-0.2, 0) is 16.0 Å². The quantitative estimate of drug-likeness (QED) is 0.737. The first-order valence-electron chi connectivity index (χ1n) is 9.74. The highest BCUT2D eigenvalue weighted by atomic mass is 16.6. The molecule has 0 unspecified atom stereocenters. The summed E-state index contributed by atoms with van der Waals surface area (Å²) in [4.78, 5) is 33.2. The molecule has 1 amide bonds. The molecular formula is C21H27N3O4. The number of carbonyl (C=O) groups excluding carboxylic acids is 2. The van der Waals surface area contributed by atoms with Crippen molar-refractivity contribution < 1.29 is 19.1 Å². The van der Waals surface area contributed by atoms with Crippen molar-refractivity contribution in [2.75, 3.05) is 39.4 Å². The zero-order valence-electron chi connectivity index (χ0n) is 16.7. The van der Waals surface area contributed by atoms with Gasteiger partial charge in [-0.05, 0) is 32.4 Å². The second-order valence-electron chi connectivity index (χ2n) is 6.76. The first kappa shape index (κ1) is 20.1. The molecule has 0 bridgehead atoms. The molecule has 150 valence electrons. The van der Waals surface area contributed by atoms with E-state index in [1.807, 2.05) is 31.2 Å². The lowest BCUT2D eigenvalue weighted by Crippen LogP contribution is -2.48. The molecule has 1 aliphatic heterocycles. The minimum absolute atomic E-state index is 0.269. The topological polar surface area (TPSA) is 72.0 Å². The number of nitrogens with zero attached hydrogens (tertiary/aromatic N) is 3. The second kappa shape index (κ2) is 9.01. The van der Waals surface area contributed by atoms with Crippen LogP contribution in [0.1, 0.15) is 35.5 Å². The number of amides is 1. The number of ether oxygens (including phenoxy) is 2. The molecule has 1 aromatic carbocycles. The highest BCUT2D eigenvalue weighted by molar-refractivity contribution is 5.98. The van der Waals surface area contributed by atoms with Crippen molar-refractivity contribution in [1.29, 1.82) is 0 Å². The fourth-order valence-electron chi connectivity index (χ4n) is 3.54. The summed E-state index contributed by atoms with van der Waals surface area (Å²) >= 11 is 0. The van der Waals surface area contributed by atoms with Crippen molar-refractivity contribution in [2.45, 2.75) is 27.3 Å². The predicted molar refractivity (Wildman–Crippen MR) is 106 cm³/mol. The van der Waals surface area contributed by atoms with E-state index in [2.05, 4.69) is 4.90 Å². The van der Waals surface area contributed by atoms with Gasteiger partial charge in [-0.25, -0.2) is 9.59 Å². The molecular weight excluding hydrogens is 358 g/mol. The van der Waals surface area contributed by atoms with Gasteiger partial charge in [0.05, 0.1) is 30.0 Å². The lowest BCUT2D eigenvalue weighted by Gasteiger charge is -2.34. The summed E-state index contributed by atoms with van der Waals surface area (Å²) < 4.78 is 10.4. The fraction of sp³-hybridized carbons (Fsp3) is 0.476. The Morgan fingerprint density at radius 2 is 1.71 bits per heavy atom. The zero-order chi connectivity index (χ0) is 20.1. The number of piperazine rings is 1. The monoisotopic (exact) mass is 385 g/mol. The largest absolute Gasteiger partial charge is 0.462 e. The summed E-state index contributed by atoms with van der Waals surface area (Å²) in [7, 11) is 0. The Morgan fingerprint density at radius 1 is 1.04 bits per heavy atom. The highest BCUT2D eigenvalue weighted by Crippen LogP contribution is 2.25. The summed E-state index contributed by atoms with van der Waals surface area (Å²) in [5.41, 5.74) is 3.03. The van der Waals surface area contributed by atoms with Crippen LogP contribution in [0.25, 0.3) is 10.9 Å². The smallest absolute Gasteiger partial charge is 0.409 e. The summed E-state index contributed by atoms with van der Waals surface area (Å²) in [6.07, 6.45) is -0.269. The number of para-hydroxylation sites is 1. The number of aromatic nitrogens is 1. The van der Waals surface area contributed by atoms with Gasteiger partial charge in [-0.3, -0.25) is 9.88 Å². The minimum Gasteiger partial charge on any atom is -0.462 e. The van der Waals surface area contributed by atoms with Crippen LogP contribution in [0.15, 0.2) is 24.3 Å². The Labute approximate surface area is 165 Å². The average Bonchev–Trinajstić information content (AvgIpc) is 2.69. The molecule has 0 spiro atoms. The van der Waals surface area contributed by atoms with Crippen LogP contribution in [0.5, 0.6) is 0 Å². The van der Waals surface area contributed by atoms with E-state index >= 15 is 0 Å². The van der Waals surface area contributed by atoms with Gasteiger partial charge in [0.2, 0.25) is 0 Å². The first-order chi connectivity index (χ1) is 13.5. The number of fused-ring (bicyclic) bond motifs is 1. The standard InChI is InChI=1S/C21H27N3O4/c1-4-27-20(25)19-15(3)16-8-6-7-9-17(16)22-18(19)14-23-10-12-24(13-11-23)21(26)28-5-2/h6-9H,4-5,10-14H2,1-3H3. The van der Waals surface area contributed by atoms with Gasteiger partial charge in [0, 0.05) is 38.1 Å². The van der Waals surface area contributed by atoms with E-state index in [0.29, 0.717) is 51.5 Å². The van der Waals surface area contributed by atoms with Gasteiger partial charge in [0.15, 0.2) is 0 Å².